The van der Waals surface area contributed by atoms with Crippen molar-refractivity contribution in [1.82, 2.24) is 15.0 Å². The number of rotatable bonds is 5. The van der Waals surface area contributed by atoms with Crippen LogP contribution in [0.1, 0.15) is 22.9 Å². The number of benzene rings is 7. The molecule has 2 unspecified atom stereocenters. The van der Waals surface area contributed by atoms with Gasteiger partial charge in [-0.2, -0.15) is 0 Å². The normalized spacial score (nSPS) is 15.8. The van der Waals surface area contributed by atoms with E-state index in [4.69, 9.17) is 19.4 Å². The summed E-state index contributed by atoms with van der Waals surface area (Å²) in [5, 5.41) is 5.43. The molecule has 10 aromatic rings. The number of hydrogen-bond donors (Lipinski definition) is 0. The molecule has 3 heterocycles. The maximum absolute atomic E-state index is 6.60. The SMILES string of the molecule is C1=CC2c3ccccc3C=CC2C(c2nc(-c3ccccc3)c(-c3ccc(-c4nc5ccccc5c5c4ccc4c6ccccc6oc45)cc3)c(-c3ccccc3)n2)=C1. The fraction of sp³-hybridized carbons (Fsp3) is 0.0364. The van der Waals surface area contributed by atoms with E-state index in [0.29, 0.717) is 0 Å². The third-order valence-corrected chi connectivity index (χ3v) is 12.1. The second kappa shape index (κ2) is 13.5. The van der Waals surface area contributed by atoms with Gasteiger partial charge in [-0.3, -0.25) is 0 Å². The first kappa shape index (κ1) is 33.4. The first-order chi connectivity index (χ1) is 29.3. The van der Waals surface area contributed by atoms with Crippen LogP contribution in [-0.4, -0.2) is 15.0 Å². The Labute approximate surface area is 341 Å². The molecule has 0 saturated heterocycles. The monoisotopic (exact) mass is 753 g/mol. The van der Waals surface area contributed by atoms with E-state index in [-0.39, 0.29) is 11.8 Å². The molecule has 4 nitrogen and oxygen atoms in total. The van der Waals surface area contributed by atoms with E-state index < -0.39 is 0 Å². The molecule has 4 heteroatoms. The maximum Gasteiger partial charge on any atom is 0.157 e. The number of nitrogens with zero attached hydrogens (tertiary/aromatic N) is 3. The van der Waals surface area contributed by atoms with Gasteiger partial charge in [-0.25, -0.2) is 15.0 Å². The Morgan fingerprint density at radius 1 is 0.441 bits per heavy atom. The quantitative estimate of drug-likeness (QED) is 0.164. The van der Waals surface area contributed by atoms with Gasteiger partial charge in [0, 0.05) is 66.6 Å². The van der Waals surface area contributed by atoms with Crippen LogP contribution in [0.5, 0.6) is 0 Å². The van der Waals surface area contributed by atoms with Crippen LogP contribution in [0.2, 0.25) is 0 Å². The highest BCUT2D eigenvalue weighted by Gasteiger charge is 2.32. The molecule has 0 spiro atoms. The van der Waals surface area contributed by atoms with Gasteiger partial charge in [-0.15, -0.1) is 0 Å². The Kier molecular flexibility index (Phi) is 7.63. The van der Waals surface area contributed by atoms with Crippen molar-refractivity contribution < 1.29 is 4.42 Å². The van der Waals surface area contributed by atoms with Crippen LogP contribution in [0.4, 0.5) is 0 Å². The van der Waals surface area contributed by atoms with Gasteiger partial charge >= 0.3 is 0 Å². The van der Waals surface area contributed by atoms with Crippen LogP contribution in [0, 0.1) is 5.92 Å². The molecular formula is C55H35N3O. The Morgan fingerprint density at radius 3 is 1.85 bits per heavy atom. The summed E-state index contributed by atoms with van der Waals surface area (Å²) >= 11 is 0. The van der Waals surface area contributed by atoms with Crippen LogP contribution in [0.3, 0.4) is 0 Å². The van der Waals surface area contributed by atoms with Crippen molar-refractivity contribution in [2.24, 2.45) is 5.92 Å². The first-order valence-corrected chi connectivity index (χ1v) is 20.2. The molecule has 0 amide bonds. The molecule has 0 aliphatic heterocycles. The van der Waals surface area contributed by atoms with E-state index in [2.05, 4.69) is 188 Å². The molecule has 2 aliphatic carbocycles. The fourth-order valence-electron chi connectivity index (χ4n) is 9.33. The van der Waals surface area contributed by atoms with Crippen LogP contribution in [0.25, 0.3) is 100 Å². The average Bonchev–Trinajstić information content (AvgIpc) is 3.70. The standard InChI is InChI=1S/C55H35N3O/c1-3-15-36(16-4-1)52-49(53(37-17-5-2-6-18-37)58-55(57-52)44-23-13-22-40-39-19-8-7-14-34(39)30-31-41(40)44)35-26-28-38(29-27-35)51-46-33-32-43-42-20-10-12-25-48(42)59-54(43)50(46)45-21-9-11-24-47(45)56-51/h1-33,40-41H. The van der Waals surface area contributed by atoms with Gasteiger partial charge in [0.15, 0.2) is 5.82 Å². The molecule has 0 radical (unpaired) electrons. The van der Waals surface area contributed by atoms with Crippen LogP contribution in [0.15, 0.2) is 199 Å². The summed E-state index contributed by atoms with van der Waals surface area (Å²) in [6, 6.07) is 59.5. The minimum absolute atomic E-state index is 0.123. The van der Waals surface area contributed by atoms with Gasteiger partial charge in [0.25, 0.3) is 0 Å². The summed E-state index contributed by atoms with van der Waals surface area (Å²) in [5.41, 5.74) is 14.3. The lowest BCUT2D eigenvalue weighted by molar-refractivity contribution is 0.673. The summed E-state index contributed by atoms with van der Waals surface area (Å²) < 4.78 is 6.60. The van der Waals surface area contributed by atoms with Gasteiger partial charge in [0.05, 0.1) is 22.6 Å². The van der Waals surface area contributed by atoms with Gasteiger partial charge in [0.1, 0.15) is 11.2 Å². The van der Waals surface area contributed by atoms with Crippen molar-refractivity contribution in [1.29, 1.82) is 0 Å². The molecule has 276 valence electrons. The molecule has 0 saturated carbocycles. The molecule has 12 rings (SSSR count). The molecule has 0 fully saturated rings. The number of para-hydroxylation sites is 2. The average molecular weight is 754 g/mol. The van der Waals surface area contributed by atoms with Crippen LogP contribution < -0.4 is 0 Å². The summed E-state index contributed by atoms with van der Waals surface area (Å²) in [6.07, 6.45) is 11.3. The molecule has 2 aliphatic rings. The molecule has 59 heavy (non-hydrogen) atoms. The lowest BCUT2D eigenvalue weighted by Crippen LogP contribution is -2.19. The topological polar surface area (TPSA) is 51.8 Å². The smallest absolute Gasteiger partial charge is 0.157 e. The molecule has 0 N–H and O–H groups in total. The molecular weight excluding hydrogens is 719 g/mol. The number of aromatic nitrogens is 3. The van der Waals surface area contributed by atoms with E-state index in [1.54, 1.807) is 0 Å². The fourth-order valence-corrected chi connectivity index (χ4v) is 9.33. The summed E-state index contributed by atoms with van der Waals surface area (Å²) in [5.74, 6) is 1.09. The lowest BCUT2D eigenvalue weighted by atomic mass is 9.73. The lowest BCUT2D eigenvalue weighted by Gasteiger charge is -2.31. The van der Waals surface area contributed by atoms with Crippen molar-refractivity contribution in [3.05, 3.63) is 211 Å². The number of fused-ring (bicyclic) bond motifs is 10. The van der Waals surface area contributed by atoms with E-state index in [1.165, 1.54) is 11.1 Å². The van der Waals surface area contributed by atoms with Gasteiger partial charge < -0.3 is 4.42 Å². The Bertz CT molecular complexity index is 3320. The minimum Gasteiger partial charge on any atom is -0.455 e. The maximum atomic E-state index is 6.60. The second-order valence-corrected chi connectivity index (χ2v) is 15.4. The minimum atomic E-state index is 0.123. The van der Waals surface area contributed by atoms with Gasteiger partial charge in [0.2, 0.25) is 0 Å². The molecule has 2 atom stereocenters. The Morgan fingerprint density at radius 2 is 1.07 bits per heavy atom. The predicted molar refractivity (Wildman–Crippen MR) is 243 cm³/mol. The van der Waals surface area contributed by atoms with Crippen molar-refractivity contribution >= 4 is 55.3 Å². The third-order valence-electron chi connectivity index (χ3n) is 12.1. The number of furan rings is 1. The number of allylic oxidation sites excluding steroid dienone is 5. The zero-order valence-corrected chi connectivity index (χ0v) is 32.0. The van der Waals surface area contributed by atoms with E-state index >= 15 is 0 Å². The van der Waals surface area contributed by atoms with E-state index in [9.17, 15) is 0 Å². The highest BCUT2D eigenvalue weighted by molar-refractivity contribution is 6.24. The van der Waals surface area contributed by atoms with Crippen LogP contribution >= 0.6 is 0 Å². The number of pyridine rings is 1. The van der Waals surface area contributed by atoms with E-state index in [1.807, 2.05) is 12.1 Å². The van der Waals surface area contributed by atoms with Crippen molar-refractivity contribution in [3.8, 4) is 44.9 Å². The Hall–Kier alpha value is -7.69. The van der Waals surface area contributed by atoms with E-state index in [0.717, 1.165) is 99.9 Å². The predicted octanol–water partition coefficient (Wildman–Crippen LogP) is 14.1. The van der Waals surface area contributed by atoms with Crippen molar-refractivity contribution in [3.63, 3.8) is 0 Å². The summed E-state index contributed by atoms with van der Waals surface area (Å²) in [6.45, 7) is 0. The second-order valence-electron chi connectivity index (χ2n) is 15.4. The zero-order valence-electron chi connectivity index (χ0n) is 32.0. The molecule has 7 aromatic carbocycles. The number of hydrogen-bond acceptors (Lipinski definition) is 4. The first-order valence-electron chi connectivity index (χ1n) is 20.2. The highest BCUT2D eigenvalue weighted by Crippen LogP contribution is 2.47. The van der Waals surface area contributed by atoms with Gasteiger partial charge in [-0.05, 0) is 34.9 Å². The van der Waals surface area contributed by atoms with Gasteiger partial charge in [-0.1, -0.05) is 182 Å². The van der Waals surface area contributed by atoms with Crippen molar-refractivity contribution in [2.75, 3.05) is 0 Å². The summed E-state index contributed by atoms with van der Waals surface area (Å²) in [7, 11) is 0. The largest absolute Gasteiger partial charge is 0.455 e. The van der Waals surface area contributed by atoms with Crippen LogP contribution in [-0.2, 0) is 0 Å². The Balaban J connectivity index is 1.05. The summed E-state index contributed by atoms with van der Waals surface area (Å²) in [4.78, 5) is 16.3. The zero-order chi connectivity index (χ0) is 38.9. The highest BCUT2D eigenvalue weighted by atomic mass is 16.3. The molecule has 0 bridgehead atoms. The van der Waals surface area contributed by atoms with Crippen molar-refractivity contribution in [2.45, 2.75) is 5.92 Å². The third kappa shape index (κ3) is 5.41. The molecule has 3 aromatic heterocycles.